The minimum Gasteiger partial charge on any atom is -0.298 e. The molecule has 0 aliphatic carbocycles. The van der Waals surface area contributed by atoms with Gasteiger partial charge in [-0.25, -0.2) is 0 Å². The molecule has 0 aromatic carbocycles. The summed E-state index contributed by atoms with van der Waals surface area (Å²) in [6.07, 6.45) is 0.666. The van der Waals surface area contributed by atoms with Gasteiger partial charge >= 0.3 is 0 Å². The van der Waals surface area contributed by atoms with E-state index in [0.717, 1.165) is 6.54 Å². The molecule has 0 aromatic rings. The summed E-state index contributed by atoms with van der Waals surface area (Å²) >= 11 is 0. The third kappa shape index (κ3) is 6.67. The summed E-state index contributed by atoms with van der Waals surface area (Å²) in [6.45, 7) is 16.4. The van der Waals surface area contributed by atoms with Gasteiger partial charge in [0, 0.05) is 12.0 Å². The van der Waals surface area contributed by atoms with Gasteiger partial charge in [-0.2, -0.15) is 0 Å². The molecule has 15 heavy (non-hydrogen) atoms. The highest BCUT2D eigenvalue weighted by Crippen LogP contribution is 2.20. The fraction of sp³-hybridized carbons (Fsp3) is 0.923. The number of hydrogen-bond acceptors (Lipinski definition) is 2. The smallest absolute Gasteiger partial charge is 0.147 e. The van der Waals surface area contributed by atoms with E-state index in [1.165, 1.54) is 0 Å². The topological polar surface area (TPSA) is 20.3 Å². The van der Waals surface area contributed by atoms with Crippen LogP contribution in [0.2, 0.25) is 0 Å². The molecule has 2 heteroatoms. The van der Waals surface area contributed by atoms with Crippen LogP contribution in [0, 0.1) is 5.41 Å². The first-order valence-corrected chi connectivity index (χ1v) is 5.83. The molecule has 0 amide bonds. The largest absolute Gasteiger partial charge is 0.298 e. The molecule has 90 valence electrons. The molecular weight excluding hydrogens is 186 g/mol. The van der Waals surface area contributed by atoms with E-state index in [0.29, 0.717) is 18.7 Å². The molecule has 0 aliphatic rings. The van der Waals surface area contributed by atoms with Crippen molar-refractivity contribution in [2.45, 2.75) is 60.4 Å². The SMILES string of the molecule is CCN(CC(=O)CC(C)(C)C)C(C)(C)C. The van der Waals surface area contributed by atoms with Crippen molar-refractivity contribution in [1.29, 1.82) is 0 Å². The Kier molecular flexibility index (Phi) is 4.98. The van der Waals surface area contributed by atoms with Crippen molar-refractivity contribution >= 4 is 5.78 Å². The Morgan fingerprint density at radius 3 is 1.80 bits per heavy atom. The molecule has 2 nitrogen and oxygen atoms in total. The molecule has 0 bridgehead atoms. The van der Waals surface area contributed by atoms with Gasteiger partial charge in [0.1, 0.15) is 5.78 Å². The molecule has 0 unspecified atom stereocenters. The predicted molar refractivity (Wildman–Crippen MR) is 66.1 cm³/mol. The van der Waals surface area contributed by atoms with Gasteiger partial charge in [0.2, 0.25) is 0 Å². The van der Waals surface area contributed by atoms with Gasteiger partial charge in [-0.05, 0) is 32.7 Å². The molecule has 0 atom stereocenters. The van der Waals surface area contributed by atoms with Crippen molar-refractivity contribution in [3.05, 3.63) is 0 Å². The molecule has 0 fully saturated rings. The van der Waals surface area contributed by atoms with Gasteiger partial charge in [-0.3, -0.25) is 9.69 Å². The number of carbonyl (C=O) groups excluding carboxylic acids is 1. The Bertz CT molecular complexity index is 208. The van der Waals surface area contributed by atoms with Crippen LogP contribution in [-0.2, 0) is 4.79 Å². The summed E-state index contributed by atoms with van der Waals surface area (Å²) in [5.74, 6) is 0.347. The summed E-state index contributed by atoms with van der Waals surface area (Å²) < 4.78 is 0. The summed E-state index contributed by atoms with van der Waals surface area (Å²) in [4.78, 5) is 14.1. The van der Waals surface area contributed by atoms with Crippen molar-refractivity contribution in [1.82, 2.24) is 4.90 Å². The normalized spacial score (nSPS) is 13.3. The van der Waals surface area contributed by atoms with Crippen molar-refractivity contribution in [2.75, 3.05) is 13.1 Å². The van der Waals surface area contributed by atoms with E-state index in [1.54, 1.807) is 0 Å². The average molecular weight is 213 g/mol. The van der Waals surface area contributed by atoms with Crippen molar-refractivity contribution in [2.24, 2.45) is 5.41 Å². The number of hydrogen-bond donors (Lipinski definition) is 0. The summed E-state index contributed by atoms with van der Waals surface area (Å²) in [7, 11) is 0. The van der Waals surface area contributed by atoms with E-state index in [-0.39, 0.29) is 11.0 Å². The minimum absolute atomic E-state index is 0.0856. The van der Waals surface area contributed by atoms with Crippen LogP contribution < -0.4 is 0 Å². The molecule has 0 aromatic heterocycles. The highest BCUT2D eigenvalue weighted by atomic mass is 16.1. The molecular formula is C13H27NO. The van der Waals surface area contributed by atoms with Gasteiger partial charge in [0.15, 0.2) is 0 Å². The second-order valence-corrected chi connectivity index (χ2v) is 6.46. The van der Waals surface area contributed by atoms with Gasteiger partial charge in [0.25, 0.3) is 0 Å². The minimum atomic E-state index is 0.0856. The van der Waals surface area contributed by atoms with Gasteiger partial charge in [0.05, 0.1) is 6.54 Å². The first-order chi connectivity index (χ1) is 6.56. The monoisotopic (exact) mass is 213 g/mol. The van der Waals surface area contributed by atoms with E-state index in [1.807, 2.05) is 0 Å². The molecule has 0 heterocycles. The maximum Gasteiger partial charge on any atom is 0.147 e. The second-order valence-electron chi connectivity index (χ2n) is 6.46. The quantitative estimate of drug-likeness (QED) is 0.715. The lowest BCUT2D eigenvalue weighted by atomic mass is 9.89. The van der Waals surface area contributed by atoms with Crippen LogP contribution >= 0.6 is 0 Å². The lowest BCUT2D eigenvalue weighted by Gasteiger charge is -2.34. The number of nitrogens with zero attached hydrogens (tertiary/aromatic N) is 1. The van der Waals surface area contributed by atoms with E-state index in [4.69, 9.17) is 0 Å². The standard InChI is InChI=1S/C13H27NO/c1-8-14(13(5,6)7)10-11(15)9-12(2,3)4/h8-10H2,1-7H3. The van der Waals surface area contributed by atoms with Crippen LogP contribution in [0.25, 0.3) is 0 Å². The number of rotatable bonds is 4. The zero-order valence-electron chi connectivity index (χ0n) is 11.5. The Balaban J connectivity index is 4.27. The number of likely N-dealkylation sites (N-methyl/N-ethyl adjacent to an activating group) is 1. The molecule has 0 radical (unpaired) electrons. The van der Waals surface area contributed by atoms with Crippen LogP contribution in [0.4, 0.5) is 0 Å². The molecule has 0 saturated carbocycles. The first-order valence-electron chi connectivity index (χ1n) is 5.83. The Morgan fingerprint density at radius 1 is 1.07 bits per heavy atom. The number of Topliss-reactive ketones (excluding diaryl/α,β-unsaturated/α-hetero) is 1. The maximum atomic E-state index is 11.8. The molecule has 0 rings (SSSR count). The zero-order chi connectivity index (χ0) is 12.3. The Hall–Kier alpha value is -0.370. The average Bonchev–Trinajstić information content (AvgIpc) is 1.94. The predicted octanol–water partition coefficient (Wildman–Crippen LogP) is 3.11. The lowest BCUT2D eigenvalue weighted by molar-refractivity contribution is -0.123. The molecule has 0 N–H and O–H groups in total. The summed E-state index contributed by atoms with van der Waals surface area (Å²) in [5, 5.41) is 0. The maximum absolute atomic E-state index is 11.8. The summed E-state index contributed by atoms with van der Waals surface area (Å²) in [5.41, 5.74) is 0.191. The fourth-order valence-electron chi connectivity index (χ4n) is 1.68. The van der Waals surface area contributed by atoms with Crippen molar-refractivity contribution < 1.29 is 4.79 Å². The van der Waals surface area contributed by atoms with Crippen molar-refractivity contribution in [3.8, 4) is 0 Å². The first kappa shape index (κ1) is 14.6. The van der Waals surface area contributed by atoms with Gasteiger partial charge in [-0.1, -0.05) is 27.7 Å². The van der Waals surface area contributed by atoms with Crippen LogP contribution in [0.15, 0.2) is 0 Å². The Morgan fingerprint density at radius 2 is 1.53 bits per heavy atom. The number of carbonyl (C=O) groups is 1. The van der Waals surface area contributed by atoms with Crippen LogP contribution in [0.1, 0.15) is 54.9 Å². The van der Waals surface area contributed by atoms with Crippen LogP contribution in [0.3, 0.4) is 0 Å². The van der Waals surface area contributed by atoms with Gasteiger partial charge < -0.3 is 0 Å². The van der Waals surface area contributed by atoms with E-state index in [2.05, 4.69) is 53.4 Å². The molecule has 0 spiro atoms. The van der Waals surface area contributed by atoms with Gasteiger partial charge in [-0.15, -0.1) is 0 Å². The van der Waals surface area contributed by atoms with E-state index in [9.17, 15) is 4.79 Å². The fourth-order valence-corrected chi connectivity index (χ4v) is 1.68. The molecule has 0 saturated heterocycles. The molecule has 0 aliphatic heterocycles. The Labute approximate surface area is 95.0 Å². The van der Waals surface area contributed by atoms with E-state index < -0.39 is 0 Å². The zero-order valence-corrected chi connectivity index (χ0v) is 11.5. The lowest BCUT2D eigenvalue weighted by Crippen LogP contribution is -2.44. The highest BCUT2D eigenvalue weighted by molar-refractivity contribution is 5.81. The summed E-state index contributed by atoms with van der Waals surface area (Å²) in [6, 6.07) is 0. The second kappa shape index (κ2) is 5.11. The van der Waals surface area contributed by atoms with Crippen LogP contribution in [-0.4, -0.2) is 29.3 Å². The van der Waals surface area contributed by atoms with E-state index >= 15 is 0 Å². The number of ketones is 1. The third-order valence-corrected chi connectivity index (χ3v) is 2.43. The third-order valence-electron chi connectivity index (χ3n) is 2.43. The van der Waals surface area contributed by atoms with Crippen molar-refractivity contribution in [3.63, 3.8) is 0 Å². The highest BCUT2D eigenvalue weighted by Gasteiger charge is 2.24. The van der Waals surface area contributed by atoms with Crippen LogP contribution in [0.5, 0.6) is 0 Å².